The lowest BCUT2D eigenvalue weighted by atomic mass is 10.1. The van der Waals surface area contributed by atoms with Crippen LogP contribution in [0.25, 0.3) is 6.08 Å². The van der Waals surface area contributed by atoms with Gasteiger partial charge in [0, 0.05) is 11.3 Å². The van der Waals surface area contributed by atoms with Gasteiger partial charge in [0.15, 0.2) is 0 Å². The molecule has 0 saturated carbocycles. The van der Waals surface area contributed by atoms with Crippen molar-refractivity contribution in [2.45, 2.75) is 6.61 Å². The number of nitrogens with one attached hydrogen (secondary N) is 1. The summed E-state index contributed by atoms with van der Waals surface area (Å²) >= 11 is 0. The number of methoxy groups -OCH3 is 1. The molecule has 31 heavy (non-hydrogen) atoms. The highest BCUT2D eigenvalue weighted by atomic mass is 16.5. The Balaban J connectivity index is 1.73. The molecule has 6 heteroatoms. The molecule has 0 atom stereocenters. The Kier molecular flexibility index (Phi) is 7.17. The molecule has 3 aromatic rings. The number of rotatable bonds is 7. The summed E-state index contributed by atoms with van der Waals surface area (Å²) in [4.78, 5) is 24.0. The normalized spacial score (nSPS) is 10.6. The van der Waals surface area contributed by atoms with E-state index in [1.54, 1.807) is 66.7 Å². The van der Waals surface area contributed by atoms with E-state index in [1.165, 1.54) is 13.2 Å². The van der Waals surface area contributed by atoms with Gasteiger partial charge in [-0.05, 0) is 42.0 Å². The maximum Gasteiger partial charge on any atom is 0.337 e. The summed E-state index contributed by atoms with van der Waals surface area (Å²) in [6.45, 7) is 0.254. The van der Waals surface area contributed by atoms with Gasteiger partial charge >= 0.3 is 5.97 Å². The maximum atomic E-state index is 12.5. The average Bonchev–Trinajstić information content (AvgIpc) is 2.82. The van der Waals surface area contributed by atoms with Crippen LogP contribution in [0, 0.1) is 11.3 Å². The van der Waals surface area contributed by atoms with E-state index in [-0.39, 0.29) is 12.2 Å². The predicted octanol–water partition coefficient (Wildman–Crippen LogP) is 4.60. The average molecular weight is 412 g/mol. The molecule has 0 aromatic heterocycles. The van der Waals surface area contributed by atoms with Crippen molar-refractivity contribution in [1.82, 2.24) is 0 Å². The number of nitriles is 1. The molecule has 0 aliphatic rings. The second-order valence-corrected chi connectivity index (χ2v) is 6.50. The molecule has 1 N–H and O–H groups in total. The SMILES string of the molecule is COC(=O)c1ccc(COc2ccccc2/C=C(/C#N)C(=O)Nc2ccccc2)cc1. The first-order chi connectivity index (χ1) is 15.1. The largest absolute Gasteiger partial charge is 0.488 e. The lowest BCUT2D eigenvalue weighted by Gasteiger charge is -2.10. The van der Waals surface area contributed by atoms with Gasteiger partial charge in [-0.2, -0.15) is 5.26 Å². The van der Waals surface area contributed by atoms with E-state index in [0.717, 1.165) is 5.56 Å². The van der Waals surface area contributed by atoms with Crippen molar-refractivity contribution in [2.75, 3.05) is 12.4 Å². The number of amides is 1. The van der Waals surface area contributed by atoms with E-state index in [4.69, 9.17) is 4.74 Å². The molecular weight excluding hydrogens is 392 g/mol. The third-order valence-corrected chi connectivity index (χ3v) is 4.38. The summed E-state index contributed by atoms with van der Waals surface area (Å²) < 4.78 is 10.6. The maximum absolute atomic E-state index is 12.5. The molecule has 6 nitrogen and oxygen atoms in total. The standard InChI is InChI=1S/C25H20N2O4/c1-30-25(29)19-13-11-18(12-14-19)17-31-23-10-6-5-7-20(23)15-21(16-26)24(28)27-22-8-3-2-4-9-22/h2-15H,17H2,1H3,(H,27,28)/b21-15-. The quantitative estimate of drug-likeness (QED) is 0.348. The zero-order chi connectivity index (χ0) is 22.1. The van der Waals surface area contributed by atoms with Gasteiger partial charge in [-0.15, -0.1) is 0 Å². The van der Waals surface area contributed by atoms with Gasteiger partial charge in [0.25, 0.3) is 5.91 Å². The van der Waals surface area contributed by atoms with Crippen LogP contribution in [0.4, 0.5) is 5.69 Å². The van der Waals surface area contributed by atoms with Crippen molar-refractivity contribution in [3.63, 3.8) is 0 Å². The van der Waals surface area contributed by atoms with E-state index in [0.29, 0.717) is 22.6 Å². The van der Waals surface area contributed by atoms with Gasteiger partial charge < -0.3 is 14.8 Å². The molecule has 0 aliphatic heterocycles. The van der Waals surface area contributed by atoms with E-state index in [1.807, 2.05) is 18.2 Å². The van der Waals surface area contributed by atoms with Crippen LogP contribution in [0.5, 0.6) is 5.75 Å². The van der Waals surface area contributed by atoms with Crippen LogP contribution in [0.3, 0.4) is 0 Å². The number of hydrogen-bond donors (Lipinski definition) is 1. The van der Waals surface area contributed by atoms with Gasteiger partial charge in [-0.25, -0.2) is 4.79 Å². The lowest BCUT2D eigenvalue weighted by Crippen LogP contribution is -2.13. The zero-order valence-corrected chi connectivity index (χ0v) is 16.9. The molecule has 0 fully saturated rings. The van der Waals surface area contributed by atoms with Crippen LogP contribution in [-0.2, 0) is 16.1 Å². The Hall–Kier alpha value is -4.37. The van der Waals surface area contributed by atoms with Gasteiger partial charge in [0.1, 0.15) is 24.0 Å². The Morgan fingerprint density at radius 1 is 0.968 bits per heavy atom. The number of nitrogens with zero attached hydrogens (tertiary/aromatic N) is 1. The number of para-hydroxylation sites is 2. The first-order valence-electron chi connectivity index (χ1n) is 9.48. The molecule has 0 heterocycles. The molecule has 154 valence electrons. The van der Waals surface area contributed by atoms with E-state index >= 15 is 0 Å². The number of carbonyl (C=O) groups excluding carboxylic acids is 2. The lowest BCUT2D eigenvalue weighted by molar-refractivity contribution is -0.112. The number of hydrogen-bond acceptors (Lipinski definition) is 5. The second kappa shape index (κ2) is 10.4. The van der Waals surface area contributed by atoms with Gasteiger partial charge in [-0.1, -0.05) is 48.5 Å². The minimum absolute atomic E-state index is 0.0395. The number of esters is 1. The van der Waals surface area contributed by atoms with Crippen molar-refractivity contribution < 1.29 is 19.1 Å². The fraction of sp³-hybridized carbons (Fsp3) is 0.0800. The van der Waals surface area contributed by atoms with Crippen molar-refractivity contribution in [2.24, 2.45) is 0 Å². The highest BCUT2D eigenvalue weighted by Crippen LogP contribution is 2.23. The third-order valence-electron chi connectivity index (χ3n) is 4.38. The molecule has 0 radical (unpaired) electrons. The zero-order valence-electron chi connectivity index (χ0n) is 16.9. The number of anilines is 1. The van der Waals surface area contributed by atoms with Gasteiger partial charge in [-0.3, -0.25) is 4.79 Å². The van der Waals surface area contributed by atoms with Crippen LogP contribution in [0.1, 0.15) is 21.5 Å². The molecule has 3 aromatic carbocycles. The summed E-state index contributed by atoms with van der Waals surface area (Å²) in [5, 5.41) is 12.2. The van der Waals surface area contributed by atoms with Gasteiger partial charge in [0.2, 0.25) is 0 Å². The molecular formula is C25H20N2O4. The minimum Gasteiger partial charge on any atom is -0.488 e. The first-order valence-corrected chi connectivity index (χ1v) is 9.48. The van der Waals surface area contributed by atoms with Crippen molar-refractivity contribution >= 4 is 23.6 Å². The Morgan fingerprint density at radius 3 is 2.32 bits per heavy atom. The van der Waals surface area contributed by atoms with Crippen LogP contribution in [0.2, 0.25) is 0 Å². The molecule has 1 amide bonds. The number of carbonyl (C=O) groups is 2. The number of benzene rings is 3. The monoisotopic (exact) mass is 412 g/mol. The van der Waals surface area contributed by atoms with Crippen molar-refractivity contribution in [1.29, 1.82) is 5.26 Å². The van der Waals surface area contributed by atoms with Crippen LogP contribution in [0.15, 0.2) is 84.4 Å². The highest BCUT2D eigenvalue weighted by Gasteiger charge is 2.11. The number of ether oxygens (including phenoxy) is 2. The second-order valence-electron chi connectivity index (χ2n) is 6.50. The summed E-state index contributed by atoms with van der Waals surface area (Å²) in [5.74, 6) is -0.373. The molecule has 0 bridgehead atoms. The summed E-state index contributed by atoms with van der Waals surface area (Å²) in [6.07, 6.45) is 1.49. The van der Waals surface area contributed by atoms with Crippen LogP contribution >= 0.6 is 0 Å². The van der Waals surface area contributed by atoms with Crippen molar-refractivity contribution in [3.8, 4) is 11.8 Å². The Labute approximate surface area is 180 Å². The van der Waals surface area contributed by atoms with E-state index < -0.39 is 11.9 Å². The van der Waals surface area contributed by atoms with Crippen molar-refractivity contribution in [3.05, 3.63) is 101 Å². The molecule has 3 rings (SSSR count). The van der Waals surface area contributed by atoms with E-state index in [2.05, 4.69) is 10.1 Å². The van der Waals surface area contributed by atoms with Gasteiger partial charge in [0.05, 0.1) is 12.7 Å². The predicted molar refractivity (Wildman–Crippen MR) is 117 cm³/mol. The third kappa shape index (κ3) is 5.81. The smallest absolute Gasteiger partial charge is 0.337 e. The van der Waals surface area contributed by atoms with Crippen LogP contribution in [-0.4, -0.2) is 19.0 Å². The summed E-state index contributed by atoms with van der Waals surface area (Å²) in [5.41, 5.74) is 2.48. The molecule has 0 saturated heterocycles. The Morgan fingerprint density at radius 2 is 1.65 bits per heavy atom. The fourth-order valence-corrected chi connectivity index (χ4v) is 2.77. The minimum atomic E-state index is -0.498. The topological polar surface area (TPSA) is 88.4 Å². The molecule has 0 unspecified atom stereocenters. The van der Waals surface area contributed by atoms with Crippen LogP contribution < -0.4 is 10.1 Å². The molecule has 0 spiro atoms. The summed E-state index contributed by atoms with van der Waals surface area (Å²) in [6, 6.07) is 24.9. The Bertz CT molecular complexity index is 1130. The summed E-state index contributed by atoms with van der Waals surface area (Å²) in [7, 11) is 1.33. The molecule has 0 aliphatic carbocycles. The highest BCUT2D eigenvalue weighted by molar-refractivity contribution is 6.09. The first kappa shape index (κ1) is 21.3. The van der Waals surface area contributed by atoms with E-state index in [9.17, 15) is 14.9 Å². The fourth-order valence-electron chi connectivity index (χ4n) is 2.77.